The number of hydrogen-bond acceptors (Lipinski definition) is 3. The molecule has 0 amide bonds. The first-order chi connectivity index (χ1) is 8.52. The first kappa shape index (κ1) is 13.4. The second-order valence-electron chi connectivity index (χ2n) is 5.07. The maximum atomic E-state index is 13.1. The molecule has 1 aliphatic carbocycles. The second-order valence-corrected chi connectivity index (χ2v) is 5.07. The number of halogens is 2. The largest absolute Gasteiger partial charge is 0.271 e. The smallest absolute Gasteiger partial charge is 0.248 e. The van der Waals surface area contributed by atoms with Gasteiger partial charge in [-0.2, -0.15) is 0 Å². The molecule has 1 aromatic heterocycles. The molecule has 1 unspecified atom stereocenters. The summed E-state index contributed by atoms with van der Waals surface area (Å²) in [6.45, 7) is 1.91. The van der Waals surface area contributed by atoms with E-state index in [1.165, 1.54) is 0 Å². The Kier molecular flexibility index (Phi) is 3.92. The third-order valence-electron chi connectivity index (χ3n) is 3.71. The fourth-order valence-electron chi connectivity index (χ4n) is 2.56. The van der Waals surface area contributed by atoms with Gasteiger partial charge in [-0.3, -0.25) is 16.3 Å². The molecule has 0 radical (unpaired) electrons. The average molecular weight is 255 g/mol. The molecule has 18 heavy (non-hydrogen) atoms. The Morgan fingerprint density at radius 3 is 2.56 bits per heavy atom. The fraction of sp³-hybridized carbons (Fsp3) is 0.615. The number of hydrogen-bond donors (Lipinski definition) is 2. The molecule has 1 heterocycles. The van der Waals surface area contributed by atoms with Gasteiger partial charge in [-0.25, -0.2) is 8.78 Å². The summed E-state index contributed by atoms with van der Waals surface area (Å²) in [6.07, 6.45) is 2.67. The Labute approximate surface area is 106 Å². The van der Waals surface area contributed by atoms with Crippen LogP contribution in [0.25, 0.3) is 0 Å². The highest BCUT2D eigenvalue weighted by Crippen LogP contribution is 2.40. The van der Waals surface area contributed by atoms with E-state index in [0.29, 0.717) is 12.8 Å². The van der Waals surface area contributed by atoms with Crippen LogP contribution < -0.4 is 11.3 Å². The standard InChI is InChI=1S/C13H19F2N3/c1-9-2-3-11(8-17-9)12(18-16)10-4-6-13(14,15)7-5-10/h2-3,8,10,12,18H,4-7,16H2,1H3. The van der Waals surface area contributed by atoms with E-state index in [9.17, 15) is 8.78 Å². The third kappa shape index (κ3) is 3.03. The van der Waals surface area contributed by atoms with Gasteiger partial charge in [-0.15, -0.1) is 0 Å². The van der Waals surface area contributed by atoms with Crippen molar-refractivity contribution in [1.29, 1.82) is 0 Å². The van der Waals surface area contributed by atoms with Gasteiger partial charge in [-0.05, 0) is 37.3 Å². The van der Waals surface area contributed by atoms with Crippen molar-refractivity contribution in [3.8, 4) is 0 Å². The molecule has 0 bridgehead atoms. The van der Waals surface area contributed by atoms with Crippen LogP contribution in [0.1, 0.15) is 43.0 Å². The summed E-state index contributed by atoms with van der Waals surface area (Å²) in [5, 5.41) is 0. The normalized spacial score (nSPS) is 21.8. The molecule has 2 rings (SSSR count). The van der Waals surface area contributed by atoms with Gasteiger partial charge in [0.25, 0.3) is 0 Å². The van der Waals surface area contributed by atoms with Crippen molar-refractivity contribution >= 4 is 0 Å². The summed E-state index contributed by atoms with van der Waals surface area (Å²) in [6, 6.07) is 3.78. The van der Waals surface area contributed by atoms with E-state index >= 15 is 0 Å². The van der Waals surface area contributed by atoms with Crippen LogP contribution in [0.2, 0.25) is 0 Å². The molecular formula is C13H19F2N3. The number of alkyl halides is 2. The van der Waals surface area contributed by atoms with Crippen molar-refractivity contribution in [1.82, 2.24) is 10.4 Å². The van der Waals surface area contributed by atoms with Crippen LogP contribution in [0.15, 0.2) is 18.3 Å². The molecule has 0 aliphatic heterocycles. The van der Waals surface area contributed by atoms with E-state index in [0.717, 1.165) is 11.3 Å². The van der Waals surface area contributed by atoms with Crippen molar-refractivity contribution in [2.24, 2.45) is 11.8 Å². The Bertz CT molecular complexity index is 382. The van der Waals surface area contributed by atoms with Gasteiger partial charge in [-0.1, -0.05) is 6.07 Å². The maximum Gasteiger partial charge on any atom is 0.248 e. The molecule has 100 valence electrons. The van der Waals surface area contributed by atoms with Gasteiger partial charge >= 0.3 is 0 Å². The number of pyridine rings is 1. The molecule has 0 spiro atoms. The van der Waals surface area contributed by atoms with Gasteiger partial charge in [0.05, 0.1) is 6.04 Å². The lowest BCUT2D eigenvalue weighted by Crippen LogP contribution is -2.37. The third-order valence-corrected chi connectivity index (χ3v) is 3.71. The Balaban J connectivity index is 2.08. The lowest BCUT2D eigenvalue weighted by atomic mass is 9.80. The van der Waals surface area contributed by atoms with Crippen LogP contribution in [0.3, 0.4) is 0 Å². The minimum Gasteiger partial charge on any atom is -0.271 e. The minimum atomic E-state index is -2.50. The first-order valence-corrected chi connectivity index (χ1v) is 6.28. The number of nitrogens with zero attached hydrogens (tertiary/aromatic N) is 1. The molecular weight excluding hydrogens is 236 g/mol. The van der Waals surface area contributed by atoms with E-state index in [4.69, 9.17) is 5.84 Å². The van der Waals surface area contributed by atoms with Crippen molar-refractivity contribution in [2.75, 3.05) is 0 Å². The van der Waals surface area contributed by atoms with Crippen LogP contribution in [-0.4, -0.2) is 10.9 Å². The average Bonchev–Trinajstić information content (AvgIpc) is 2.34. The molecule has 5 heteroatoms. The van der Waals surface area contributed by atoms with Crippen LogP contribution in [0.5, 0.6) is 0 Å². The van der Waals surface area contributed by atoms with Crippen LogP contribution in [0, 0.1) is 12.8 Å². The van der Waals surface area contributed by atoms with Gasteiger partial charge in [0.2, 0.25) is 5.92 Å². The zero-order valence-electron chi connectivity index (χ0n) is 10.5. The van der Waals surface area contributed by atoms with Crippen LogP contribution >= 0.6 is 0 Å². The van der Waals surface area contributed by atoms with Crippen molar-refractivity contribution < 1.29 is 8.78 Å². The number of rotatable bonds is 3. The van der Waals surface area contributed by atoms with Crippen molar-refractivity contribution in [2.45, 2.75) is 44.6 Å². The number of nitrogens with two attached hydrogens (primary N) is 1. The molecule has 3 N–H and O–H groups in total. The monoisotopic (exact) mass is 255 g/mol. The molecule has 0 saturated heterocycles. The molecule has 3 nitrogen and oxygen atoms in total. The summed E-state index contributed by atoms with van der Waals surface area (Å²) in [5.74, 6) is 3.23. The van der Waals surface area contributed by atoms with Gasteiger partial charge < -0.3 is 0 Å². The lowest BCUT2D eigenvalue weighted by molar-refractivity contribution is -0.0498. The predicted molar refractivity (Wildman–Crippen MR) is 65.9 cm³/mol. The molecule has 1 fully saturated rings. The summed E-state index contributed by atoms with van der Waals surface area (Å²) in [5.41, 5.74) is 4.66. The van der Waals surface area contributed by atoms with Crippen LogP contribution in [-0.2, 0) is 0 Å². The van der Waals surface area contributed by atoms with Gasteiger partial charge in [0.15, 0.2) is 0 Å². The Morgan fingerprint density at radius 1 is 1.39 bits per heavy atom. The number of hydrazine groups is 1. The second kappa shape index (κ2) is 5.28. The lowest BCUT2D eigenvalue weighted by Gasteiger charge is -2.33. The Morgan fingerprint density at radius 2 is 2.06 bits per heavy atom. The number of aromatic nitrogens is 1. The van der Waals surface area contributed by atoms with Gasteiger partial charge in [0, 0.05) is 24.7 Å². The van der Waals surface area contributed by atoms with Crippen LogP contribution in [0.4, 0.5) is 8.78 Å². The van der Waals surface area contributed by atoms with E-state index in [2.05, 4.69) is 10.4 Å². The quantitative estimate of drug-likeness (QED) is 0.645. The predicted octanol–water partition coefficient (Wildman–Crippen LogP) is 2.72. The van der Waals surface area contributed by atoms with E-state index in [1.807, 2.05) is 19.1 Å². The zero-order chi connectivity index (χ0) is 13.2. The minimum absolute atomic E-state index is 0.0465. The highest BCUT2D eigenvalue weighted by Gasteiger charge is 2.37. The summed E-state index contributed by atoms with van der Waals surface area (Å²) in [4.78, 5) is 4.23. The number of aryl methyl sites for hydroxylation is 1. The first-order valence-electron chi connectivity index (χ1n) is 6.28. The molecule has 0 aromatic carbocycles. The van der Waals surface area contributed by atoms with E-state index in [-0.39, 0.29) is 24.8 Å². The zero-order valence-corrected chi connectivity index (χ0v) is 10.5. The number of nitrogens with one attached hydrogen (secondary N) is 1. The molecule has 1 aliphatic rings. The maximum absolute atomic E-state index is 13.1. The Hall–Kier alpha value is -1.07. The SMILES string of the molecule is Cc1ccc(C(NN)C2CCC(F)(F)CC2)cn1. The summed E-state index contributed by atoms with van der Waals surface area (Å²) >= 11 is 0. The summed E-state index contributed by atoms with van der Waals surface area (Å²) < 4.78 is 26.3. The molecule has 1 aromatic rings. The van der Waals surface area contributed by atoms with E-state index < -0.39 is 5.92 Å². The van der Waals surface area contributed by atoms with Crippen molar-refractivity contribution in [3.05, 3.63) is 29.6 Å². The highest BCUT2D eigenvalue weighted by atomic mass is 19.3. The van der Waals surface area contributed by atoms with E-state index in [1.54, 1.807) is 6.20 Å². The van der Waals surface area contributed by atoms with Gasteiger partial charge in [0.1, 0.15) is 0 Å². The fourth-order valence-corrected chi connectivity index (χ4v) is 2.56. The highest BCUT2D eigenvalue weighted by molar-refractivity contribution is 5.18. The van der Waals surface area contributed by atoms with Crippen molar-refractivity contribution in [3.63, 3.8) is 0 Å². The molecule has 1 saturated carbocycles. The topological polar surface area (TPSA) is 50.9 Å². The summed E-state index contributed by atoms with van der Waals surface area (Å²) in [7, 11) is 0. The molecule has 1 atom stereocenters.